The number of carboxylic acids is 1. The van der Waals surface area contributed by atoms with E-state index in [1.807, 2.05) is 18.2 Å². The summed E-state index contributed by atoms with van der Waals surface area (Å²) in [6, 6.07) is 12.5. The summed E-state index contributed by atoms with van der Waals surface area (Å²) in [7, 11) is 0. The maximum absolute atomic E-state index is 12.3. The molecule has 170 valence electrons. The van der Waals surface area contributed by atoms with Gasteiger partial charge in [-0.25, -0.2) is 4.79 Å². The van der Waals surface area contributed by atoms with Crippen molar-refractivity contribution < 1.29 is 23.8 Å². The Labute approximate surface area is 200 Å². The Morgan fingerprint density at radius 3 is 2.79 bits per heavy atom. The predicted octanol–water partition coefficient (Wildman–Crippen LogP) is 4.23. The first-order chi connectivity index (χ1) is 15.9. The second-order valence-electron chi connectivity index (χ2n) is 7.26. The summed E-state index contributed by atoms with van der Waals surface area (Å²) in [4.78, 5) is 29.8. The van der Waals surface area contributed by atoms with E-state index in [9.17, 15) is 14.7 Å². The molecule has 4 rings (SSSR count). The topological polar surface area (TPSA) is 105 Å². The van der Waals surface area contributed by atoms with Crippen LogP contribution in [0.2, 0.25) is 5.02 Å². The highest BCUT2D eigenvalue weighted by Gasteiger charge is 2.42. The van der Waals surface area contributed by atoms with E-state index in [0.29, 0.717) is 27.2 Å². The number of hydrogen-bond acceptors (Lipinski definition) is 6. The zero-order valence-electron chi connectivity index (χ0n) is 17.5. The number of benzene rings is 1. The van der Waals surface area contributed by atoms with Gasteiger partial charge in [-0.2, -0.15) is 0 Å². The largest absolute Gasteiger partial charge is 0.478 e. The number of halogens is 1. The van der Waals surface area contributed by atoms with Gasteiger partial charge in [0.1, 0.15) is 24.1 Å². The van der Waals surface area contributed by atoms with Crippen molar-refractivity contribution in [2.75, 3.05) is 13.2 Å². The molecule has 10 heteroatoms. The van der Waals surface area contributed by atoms with Gasteiger partial charge in [-0.05, 0) is 61.6 Å². The molecular weight excluding hydrogens is 466 g/mol. The van der Waals surface area contributed by atoms with Crippen molar-refractivity contribution in [2.45, 2.75) is 19.0 Å². The smallest absolute Gasteiger partial charge is 0.335 e. The standard InChI is InChI=1S/C23H20ClN3O5S/c1-2-31-19(28)12-27-21(20(26-23(27)33)16-5-3-4-10-25-16)18-9-8-17(32-18)14-11-13(22(29)30)6-7-15(14)24/h3-11,20-21H,2,12H2,1H3,(H,26,33)(H,29,30)/t20-,21-/m0/s1. The Morgan fingerprint density at radius 1 is 1.27 bits per heavy atom. The Bertz CT molecular complexity index is 1200. The summed E-state index contributed by atoms with van der Waals surface area (Å²) >= 11 is 11.8. The predicted molar refractivity (Wildman–Crippen MR) is 125 cm³/mol. The molecule has 0 radical (unpaired) electrons. The average molecular weight is 486 g/mol. The molecule has 2 atom stereocenters. The van der Waals surface area contributed by atoms with Crippen molar-refractivity contribution in [2.24, 2.45) is 0 Å². The van der Waals surface area contributed by atoms with Gasteiger partial charge in [0.25, 0.3) is 0 Å². The van der Waals surface area contributed by atoms with Crippen molar-refractivity contribution in [1.29, 1.82) is 0 Å². The van der Waals surface area contributed by atoms with Gasteiger partial charge in [0.05, 0.1) is 28.9 Å². The Hall–Kier alpha value is -3.43. The average Bonchev–Trinajstić information content (AvgIpc) is 3.39. The quantitative estimate of drug-likeness (QED) is 0.375. The van der Waals surface area contributed by atoms with E-state index in [1.165, 1.54) is 18.2 Å². The first-order valence-electron chi connectivity index (χ1n) is 10.2. The number of nitrogens with zero attached hydrogens (tertiary/aromatic N) is 2. The molecule has 0 spiro atoms. The molecule has 2 aromatic heterocycles. The molecule has 0 saturated carbocycles. The molecule has 1 aromatic carbocycles. The number of carbonyl (C=O) groups is 2. The lowest BCUT2D eigenvalue weighted by molar-refractivity contribution is -0.143. The van der Waals surface area contributed by atoms with Crippen LogP contribution in [-0.2, 0) is 9.53 Å². The van der Waals surface area contributed by atoms with E-state index in [2.05, 4.69) is 10.3 Å². The highest BCUT2D eigenvalue weighted by molar-refractivity contribution is 7.80. The van der Waals surface area contributed by atoms with E-state index in [-0.39, 0.29) is 24.8 Å². The first kappa shape index (κ1) is 22.8. The minimum atomic E-state index is -1.07. The van der Waals surface area contributed by atoms with Crippen LogP contribution in [0.4, 0.5) is 0 Å². The van der Waals surface area contributed by atoms with Gasteiger partial charge in [0, 0.05) is 11.8 Å². The monoisotopic (exact) mass is 485 g/mol. The number of carboxylic acid groups (broad SMARTS) is 1. The van der Waals surface area contributed by atoms with Crippen LogP contribution >= 0.6 is 23.8 Å². The molecule has 0 bridgehead atoms. The molecule has 2 N–H and O–H groups in total. The van der Waals surface area contributed by atoms with Crippen LogP contribution in [0.3, 0.4) is 0 Å². The van der Waals surface area contributed by atoms with Gasteiger partial charge >= 0.3 is 11.9 Å². The number of aromatic carboxylic acids is 1. The van der Waals surface area contributed by atoms with Crippen LogP contribution < -0.4 is 5.32 Å². The lowest BCUT2D eigenvalue weighted by atomic mass is 10.0. The van der Waals surface area contributed by atoms with Crippen LogP contribution in [-0.4, -0.2) is 45.2 Å². The summed E-state index contributed by atoms with van der Waals surface area (Å²) in [5, 5.41) is 13.3. The van der Waals surface area contributed by atoms with E-state index in [0.717, 1.165) is 5.69 Å². The first-order valence-corrected chi connectivity index (χ1v) is 10.9. The molecular formula is C23H20ClN3O5S. The third kappa shape index (κ3) is 4.69. The Kier molecular flexibility index (Phi) is 6.62. The number of nitrogens with one attached hydrogen (secondary N) is 1. The summed E-state index contributed by atoms with van der Waals surface area (Å²) in [6.07, 6.45) is 1.68. The number of thiocarbonyl (C=S) groups is 1. The van der Waals surface area contributed by atoms with Crippen molar-refractivity contribution >= 4 is 40.9 Å². The number of aromatic nitrogens is 1. The van der Waals surface area contributed by atoms with Gasteiger partial charge in [-0.15, -0.1) is 0 Å². The third-order valence-corrected chi connectivity index (χ3v) is 5.88. The molecule has 1 saturated heterocycles. The van der Waals surface area contributed by atoms with E-state index in [4.69, 9.17) is 33.0 Å². The van der Waals surface area contributed by atoms with Crippen LogP contribution in [0.15, 0.2) is 59.1 Å². The number of rotatable bonds is 7. The SMILES string of the molecule is CCOC(=O)CN1C(=S)N[C@@H](c2ccccn2)[C@@H]1c1ccc(-c2cc(C(=O)O)ccc2Cl)o1. The number of ether oxygens (including phenoxy) is 1. The van der Waals surface area contributed by atoms with Crippen LogP contribution in [0.1, 0.15) is 40.8 Å². The maximum Gasteiger partial charge on any atom is 0.335 e. The molecule has 0 unspecified atom stereocenters. The van der Waals surface area contributed by atoms with Crippen LogP contribution in [0.5, 0.6) is 0 Å². The fraction of sp³-hybridized carbons (Fsp3) is 0.217. The number of pyridine rings is 1. The number of furan rings is 1. The number of esters is 1. The molecule has 1 aliphatic heterocycles. The molecule has 0 aliphatic carbocycles. The molecule has 0 amide bonds. The lowest BCUT2D eigenvalue weighted by Gasteiger charge is -2.25. The van der Waals surface area contributed by atoms with E-state index in [1.54, 1.807) is 30.2 Å². The Morgan fingerprint density at radius 2 is 2.09 bits per heavy atom. The summed E-state index contributed by atoms with van der Waals surface area (Å²) in [6.45, 7) is 1.92. The molecule has 8 nitrogen and oxygen atoms in total. The highest BCUT2D eigenvalue weighted by Crippen LogP contribution is 2.41. The number of carbonyl (C=O) groups excluding carboxylic acids is 1. The van der Waals surface area contributed by atoms with Gasteiger partial charge in [0.2, 0.25) is 0 Å². The van der Waals surface area contributed by atoms with Crippen molar-refractivity contribution in [3.05, 3.63) is 76.8 Å². The molecule has 1 aliphatic rings. The minimum absolute atomic E-state index is 0.0705. The lowest BCUT2D eigenvalue weighted by Crippen LogP contribution is -2.35. The zero-order chi connectivity index (χ0) is 23.5. The second kappa shape index (κ2) is 9.60. The molecule has 33 heavy (non-hydrogen) atoms. The summed E-state index contributed by atoms with van der Waals surface area (Å²) < 4.78 is 11.3. The van der Waals surface area contributed by atoms with Gasteiger partial charge in [-0.3, -0.25) is 9.78 Å². The van der Waals surface area contributed by atoms with Crippen LogP contribution in [0, 0.1) is 0 Å². The van der Waals surface area contributed by atoms with Gasteiger partial charge in [-0.1, -0.05) is 17.7 Å². The summed E-state index contributed by atoms with van der Waals surface area (Å²) in [5.74, 6) is -0.584. The summed E-state index contributed by atoms with van der Waals surface area (Å²) in [5.41, 5.74) is 1.26. The van der Waals surface area contributed by atoms with Crippen molar-refractivity contribution in [3.63, 3.8) is 0 Å². The van der Waals surface area contributed by atoms with E-state index >= 15 is 0 Å². The van der Waals surface area contributed by atoms with Crippen LogP contribution in [0.25, 0.3) is 11.3 Å². The fourth-order valence-corrected chi connectivity index (χ4v) is 4.25. The fourth-order valence-electron chi connectivity index (χ4n) is 3.73. The van der Waals surface area contributed by atoms with Gasteiger partial charge < -0.3 is 24.5 Å². The van der Waals surface area contributed by atoms with Gasteiger partial charge in [0.15, 0.2) is 5.11 Å². The third-order valence-electron chi connectivity index (χ3n) is 5.20. The molecule has 3 heterocycles. The minimum Gasteiger partial charge on any atom is -0.478 e. The normalized spacial score (nSPS) is 17.6. The molecule has 1 fully saturated rings. The number of hydrogen-bond donors (Lipinski definition) is 2. The van der Waals surface area contributed by atoms with E-state index < -0.39 is 18.0 Å². The zero-order valence-corrected chi connectivity index (χ0v) is 19.1. The Balaban J connectivity index is 1.74. The maximum atomic E-state index is 12.3. The van der Waals surface area contributed by atoms with Crippen molar-refractivity contribution in [3.8, 4) is 11.3 Å². The van der Waals surface area contributed by atoms with Crippen molar-refractivity contribution in [1.82, 2.24) is 15.2 Å². The highest BCUT2D eigenvalue weighted by atomic mass is 35.5. The second-order valence-corrected chi connectivity index (χ2v) is 8.06. The molecule has 3 aromatic rings.